The number of fused-ring (bicyclic) bond motifs is 1. The summed E-state index contributed by atoms with van der Waals surface area (Å²) in [5, 5.41) is 2.67. The normalized spacial score (nSPS) is 14.9. The number of anilines is 1. The van der Waals surface area contributed by atoms with Crippen LogP contribution in [0.4, 0.5) is 5.82 Å². The quantitative estimate of drug-likeness (QED) is 0.349. The lowest BCUT2D eigenvalue weighted by Gasteiger charge is -2.31. The zero-order valence-electron chi connectivity index (χ0n) is 21.3. The Bertz CT molecular complexity index is 1210. The van der Waals surface area contributed by atoms with Crippen molar-refractivity contribution < 1.29 is 9.53 Å². The lowest BCUT2D eigenvalue weighted by Crippen LogP contribution is -2.33. The topological polar surface area (TPSA) is 131 Å². The zero-order chi connectivity index (χ0) is 25.5. The summed E-state index contributed by atoms with van der Waals surface area (Å²) in [5.41, 5.74) is 8.41. The van der Waals surface area contributed by atoms with Crippen molar-refractivity contribution in [1.82, 2.24) is 24.4 Å². The Morgan fingerprint density at radius 2 is 1.86 bits per heavy atom. The molecule has 1 aliphatic rings. The molecule has 3 heterocycles. The van der Waals surface area contributed by atoms with Gasteiger partial charge < -0.3 is 20.8 Å². The third kappa shape index (κ3) is 6.50. The number of rotatable bonds is 11. The van der Waals surface area contributed by atoms with Crippen LogP contribution in [0.3, 0.4) is 0 Å². The number of carbonyl (C=O) groups is 1. The lowest BCUT2D eigenvalue weighted by molar-refractivity contribution is -0.114. The Morgan fingerprint density at radius 3 is 2.50 bits per heavy atom. The van der Waals surface area contributed by atoms with Crippen LogP contribution in [0.1, 0.15) is 57.1 Å². The predicted octanol–water partition coefficient (Wildman–Crippen LogP) is 2.87. The largest absolute Gasteiger partial charge is 0.463 e. The number of piperidine rings is 1. The van der Waals surface area contributed by atoms with Gasteiger partial charge in [0.15, 0.2) is 11.5 Å². The van der Waals surface area contributed by atoms with Gasteiger partial charge in [-0.15, -0.1) is 0 Å². The number of H-pyrrole nitrogens is 1. The fraction of sp³-hybridized carbons (Fsp3) is 0.538. The maximum Gasteiger partial charge on any atom is 0.328 e. The van der Waals surface area contributed by atoms with Gasteiger partial charge in [0.05, 0.1) is 13.2 Å². The van der Waals surface area contributed by atoms with E-state index in [-0.39, 0.29) is 23.4 Å². The zero-order valence-corrected chi connectivity index (χ0v) is 21.3. The molecule has 1 aromatic carbocycles. The summed E-state index contributed by atoms with van der Waals surface area (Å²) in [6.07, 6.45) is 5.38. The summed E-state index contributed by atoms with van der Waals surface area (Å²) >= 11 is 0. The third-order valence-corrected chi connectivity index (χ3v) is 6.68. The first-order valence-corrected chi connectivity index (χ1v) is 12.9. The van der Waals surface area contributed by atoms with E-state index in [1.54, 1.807) is 4.57 Å². The third-order valence-electron chi connectivity index (χ3n) is 6.68. The molecule has 0 unspecified atom stereocenters. The maximum atomic E-state index is 12.8. The molecule has 194 valence electrons. The number of hydrogen-bond donors (Lipinski definition) is 3. The molecule has 10 heteroatoms. The van der Waals surface area contributed by atoms with E-state index >= 15 is 0 Å². The summed E-state index contributed by atoms with van der Waals surface area (Å²) in [6, 6.07) is 8.49. The summed E-state index contributed by atoms with van der Waals surface area (Å²) in [7, 11) is 0. The Balaban J connectivity index is 1.50. The molecular weight excluding hydrogens is 458 g/mol. The molecule has 2 aromatic heterocycles. The van der Waals surface area contributed by atoms with Crippen LogP contribution in [0.5, 0.6) is 6.01 Å². The van der Waals surface area contributed by atoms with Crippen LogP contribution in [-0.4, -0.2) is 56.6 Å². The standard InChI is InChI=1S/C26H37N7O3/c1-3-4-15-36-25-30-23(28-18(2)34)22-24(31-25)33(26(35)29-22)17-21-7-5-20(6-8-21)16-32-13-10-19(9-12-27)11-14-32/h5-8,19H,3-4,9-17,27H2,1-2H3,(H,29,35)(H,28,30,31,34). The van der Waals surface area contributed by atoms with Gasteiger partial charge in [0.25, 0.3) is 0 Å². The Hall–Kier alpha value is -3.24. The van der Waals surface area contributed by atoms with E-state index in [9.17, 15) is 9.59 Å². The highest BCUT2D eigenvalue weighted by Gasteiger charge is 2.19. The highest BCUT2D eigenvalue weighted by Crippen LogP contribution is 2.23. The molecular formula is C26H37N7O3. The van der Waals surface area contributed by atoms with E-state index < -0.39 is 0 Å². The maximum absolute atomic E-state index is 12.8. The summed E-state index contributed by atoms with van der Waals surface area (Å²) in [5.74, 6) is 0.707. The highest BCUT2D eigenvalue weighted by molar-refractivity contribution is 5.95. The molecule has 0 aliphatic carbocycles. The van der Waals surface area contributed by atoms with E-state index in [4.69, 9.17) is 10.5 Å². The predicted molar refractivity (Wildman–Crippen MR) is 140 cm³/mol. The van der Waals surface area contributed by atoms with Crippen LogP contribution in [0.15, 0.2) is 29.1 Å². The van der Waals surface area contributed by atoms with Crippen molar-refractivity contribution in [3.05, 3.63) is 45.9 Å². The number of ether oxygens (including phenoxy) is 1. The van der Waals surface area contributed by atoms with Crippen molar-refractivity contribution in [2.24, 2.45) is 11.7 Å². The molecule has 0 saturated carbocycles. The summed E-state index contributed by atoms with van der Waals surface area (Å²) < 4.78 is 7.23. The summed E-state index contributed by atoms with van der Waals surface area (Å²) in [4.78, 5) is 38.6. The van der Waals surface area contributed by atoms with Crippen LogP contribution in [-0.2, 0) is 17.9 Å². The fourth-order valence-corrected chi connectivity index (χ4v) is 4.65. The number of unbranched alkanes of at least 4 members (excludes halogenated alkanes) is 1. The fourth-order valence-electron chi connectivity index (χ4n) is 4.65. The molecule has 10 nitrogen and oxygen atoms in total. The van der Waals surface area contributed by atoms with Crippen molar-refractivity contribution in [2.45, 2.75) is 59.0 Å². The van der Waals surface area contributed by atoms with Gasteiger partial charge in [-0.3, -0.25) is 14.3 Å². The van der Waals surface area contributed by atoms with Crippen molar-refractivity contribution in [2.75, 3.05) is 31.6 Å². The lowest BCUT2D eigenvalue weighted by atomic mass is 9.93. The molecule has 36 heavy (non-hydrogen) atoms. The van der Waals surface area contributed by atoms with E-state index in [0.29, 0.717) is 24.3 Å². The smallest absolute Gasteiger partial charge is 0.328 e. The highest BCUT2D eigenvalue weighted by atomic mass is 16.5. The van der Waals surface area contributed by atoms with Crippen molar-refractivity contribution in [3.63, 3.8) is 0 Å². The number of likely N-dealkylation sites (tertiary alicyclic amines) is 1. The number of hydrogen-bond acceptors (Lipinski definition) is 7. The molecule has 0 radical (unpaired) electrons. The minimum atomic E-state index is -0.318. The number of aromatic amines is 1. The van der Waals surface area contributed by atoms with Gasteiger partial charge in [0.1, 0.15) is 5.52 Å². The first kappa shape index (κ1) is 25.8. The first-order chi connectivity index (χ1) is 17.5. The van der Waals surface area contributed by atoms with Crippen LogP contribution in [0.2, 0.25) is 0 Å². The SMILES string of the molecule is CCCCOc1nc(NC(C)=O)c2[nH]c(=O)n(Cc3ccc(CN4CCC(CCN)CC4)cc3)c2n1. The van der Waals surface area contributed by atoms with Gasteiger partial charge in [-0.1, -0.05) is 37.6 Å². The van der Waals surface area contributed by atoms with Gasteiger partial charge in [0.2, 0.25) is 5.91 Å². The molecule has 0 bridgehead atoms. The first-order valence-electron chi connectivity index (χ1n) is 12.9. The monoisotopic (exact) mass is 495 g/mol. The summed E-state index contributed by atoms with van der Waals surface area (Å²) in [6.45, 7) is 8.18. The van der Waals surface area contributed by atoms with Gasteiger partial charge in [0, 0.05) is 13.5 Å². The van der Waals surface area contributed by atoms with Crippen molar-refractivity contribution in [3.8, 4) is 6.01 Å². The molecule has 0 spiro atoms. The van der Waals surface area contributed by atoms with Crippen LogP contribution >= 0.6 is 0 Å². The Kier molecular flexibility index (Phi) is 8.71. The molecule has 1 fully saturated rings. The molecule has 1 saturated heterocycles. The minimum absolute atomic E-state index is 0.137. The molecule has 1 amide bonds. The number of imidazole rings is 1. The molecule has 0 atom stereocenters. The second-order valence-corrected chi connectivity index (χ2v) is 9.57. The van der Waals surface area contributed by atoms with E-state index in [0.717, 1.165) is 56.9 Å². The second kappa shape index (κ2) is 12.1. The number of nitrogens with two attached hydrogens (primary N) is 1. The van der Waals surface area contributed by atoms with Crippen LogP contribution in [0.25, 0.3) is 11.2 Å². The molecule has 4 N–H and O–H groups in total. The Labute approximate surface area is 211 Å². The van der Waals surface area contributed by atoms with Crippen LogP contribution < -0.4 is 21.5 Å². The van der Waals surface area contributed by atoms with Crippen LogP contribution in [0, 0.1) is 5.92 Å². The van der Waals surface area contributed by atoms with Gasteiger partial charge in [-0.25, -0.2) is 4.79 Å². The van der Waals surface area contributed by atoms with Crippen molar-refractivity contribution in [1.29, 1.82) is 0 Å². The number of aromatic nitrogens is 4. The molecule has 3 aromatic rings. The van der Waals surface area contributed by atoms with E-state index in [1.807, 2.05) is 0 Å². The minimum Gasteiger partial charge on any atom is -0.463 e. The van der Waals surface area contributed by atoms with Gasteiger partial charge >= 0.3 is 11.7 Å². The van der Waals surface area contributed by atoms with Gasteiger partial charge in [-0.05, 0) is 62.4 Å². The Morgan fingerprint density at radius 1 is 1.17 bits per heavy atom. The van der Waals surface area contributed by atoms with Crippen molar-refractivity contribution >= 4 is 22.9 Å². The number of carbonyl (C=O) groups excluding carboxylic acids is 1. The second-order valence-electron chi connectivity index (χ2n) is 9.57. The number of benzene rings is 1. The average Bonchev–Trinajstić information content (AvgIpc) is 3.17. The van der Waals surface area contributed by atoms with E-state index in [2.05, 4.69) is 56.4 Å². The molecule has 4 rings (SSSR count). The number of amides is 1. The van der Waals surface area contributed by atoms with E-state index in [1.165, 1.54) is 25.3 Å². The average molecular weight is 496 g/mol. The number of nitrogens with zero attached hydrogens (tertiary/aromatic N) is 4. The van der Waals surface area contributed by atoms with Gasteiger partial charge in [-0.2, -0.15) is 9.97 Å². The number of nitrogens with one attached hydrogen (secondary N) is 2. The molecule has 1 aliphatic heterocycles.